The van der Waals surface area contributed by atoms with Gasteiger partial charge in [-0.05, 0) is 43.0 Å². The van der Waals surface area contributed by atoms with Crippen LogP contribution in [0.15, 0.2) is 16.1 Å². The van der Waals surface area contributed by atoms with Crippen LogP contribution in [0.4, 0.5) is 0 Å². The van der Waals surface area contributed by atoms with E-state index in [0.29, 0.717) is 0 Å². The van der Waals surface area contributed by atoms with Crippen molar-refractivity contribution in [2.75, 3.05) is 12.5 Å². The molecule has 3 heteroatoms. The summed E-state index contributed by atoms with van der Waals surface area (Å²) in [6, 6.07) is 2.19. The van der Waals surface area contributed by atoms with Crippen LogP contribution >= 0.6 is 23.5 Å². The zero-order valence-electron chi connectivity index (χ0n) is 8.55. The molecule has 0 aromatic carbocycles. The molecule has 1 aromatic heterocycles. The third-order valence-corrected chi connectivity index (χ3v) is 3.51. The molecule has 0 unspecified atom stereocenters. The van der Waals surface area contributed by atoms with E-state index in [1.165, 1.54) is 16.2 Å². The first-order valence-corrected chi connectivity index (χ1v) is 6.76. The molecule has 1 aromatic rings. The van der Waals surface area contributed by atoms with Gasteiger partial charge >= 0.3 is 0 Å². The van der Waals surface area contributed by atoms with Gasteiger partial charge in [-0.1, -0.05) is 6.92 Å². The van der Waals surface area contributed by atoms with Gasteiger partial charge in [0.25, 0.3) is 0 Å². The highest BCUT2D eigenvalue weighted by atomic mass is 32.2. The van der Waals surface area contributed by atoms with E-state index < -0.39 is 0 Å². The molecule has 72 valence electrons. The molecular weight excluding hydrogens is 198 g/mol. The Morgan fingerprint density at radius 3 is 2.46 bits per heavy atom. The fourth-order valence-electron chi connectivity index (χ4n) is 1.28. The smallest absolute Gasteiger partial charge is 0.100 e. The topological polar surface area (TPSA) is 12.9 Å². The Hall–Kier alpha value is -0.150. The molecule has 0 N–H and O–H groups in total. The molecule has 0 atom stereocenters. The van der Waals surface area contributed by atoms with Crippen molar-refractivity contribution in [1.29, 1.82) is 0 Å². The van der Waals surface area contributed by atoms with Crippen molar-refractivity contribution < 1.29 is 0 Å². The maximum atomic E-state index is 4.54. The monoisotopic (exact) mass is 213 g/mol. The van der Waals surface area contributed by atoms with Crippen molar-refractivity contribution in [1.82, 2.24) is 4.98 Å². The van der Waals surface area contributed by atoms with Gasteiger partial charge < -0.3 is 0 Å². The van der Waals surface area contributed by atoms with E-state index in [2.05, 4.69) is 37.4 Å². The summed E-state index contributed by atoms with van der Waals surface area (Å²) in [5.41, 5.74) is 2.76. The lowest BCUT2D eigenvalue weighted by molar-refractivity contribution is 0.930. The van der Waals surface area contributed by atoms with Gasteiger partial charge in [0.15, 0.2) is 0 Å². The van der Waals surface area contributed by atoms with Gasteiger partial charge in [-0.15, -0.1) is 23.5 Å². The Labute approximate surface area is 88.7 Å². The third kappa shape index (κ3) is 2.41. The van der Waals surface area contributed by atoms with Crippen LogP contribution in [0.3, 0.4) is 0 Å². The fraction of sp³-hybridized carbons (Fsp3) is 0.500. The normalized spacial score (nSPS) is 10.5. The summed E-state index contributed by atoms with van der Waals surface area (Å²) in [6.07, 6.45) is 5.25. The van der Waals surface area contributed by atoms with Gasteiger partial charge in [0, 0.05) is 0 Å². The maximum absolute atomic E-state index is 4.54. The lowest BCUT2D eigenvalue weighted by Crippen LogP contribution is -1.94. The summed E-state index contributed by atoms with van der Waals surface area (Å²) in [4.78, 5) is 4.54. The maximum Gasteiger partial charge on any atom is 0.100 e. The molecule has 0 aliphatic carbocycles. The molecule has 1 nitrogen and oxygen atoms in total. The summed E-state index contributed by atoms with van der Waals surface area (Å²) in [5, 5.41) is 2.30. The molecule has 0 aliphatic rings. The lowest BCUT2D eigenvalue weighted by atomic mass is 10.1. The molecule has 0 bridgehead atoms. The molecule has 0 radical (unpaired) electrons. The van der Waals surface area contributed by atoms with Gasteiger partial charge in [0.2, 0.25) is 0 Å². The molecule has 1 heterocycles. The SMILES string of the molecule is CCc1cc(SC)nc(SC)c1C. The molecule has 0 amide bonds. The number of aromatic nitrogens is 1. The molecule has 0 saturated heterocycles. The van der Waals surface area contributed by atoms with Gasteiger partial charge in [0.1, 0.15) is 5.03 Å². The van der Waals surface area contributed by atoms with E-state index in [1.54, 1.807) is 23.5 Å². The number of pyridine rings is 1. The summed E-state index contributed by atoms with van der Waals surface area (Å²) in [6.45, 7) is 4.35. The second kappa shape index (κ2) is 4.91. The average Bonchev–Trinajstić information content (AvgIpc) is 2.18. The van der Waals surface area contributed by atoms with E-state index in [0.717, 1.165) is 11.4 Å². The van der Waals surface area contributed by atoms with Gasteiger partial charge in [-0.25, -0.2) is 4.98 Å². The molecule has 1 rings (SSSR count). The predicted octanol–water partition coefficient (Wildman–Crippen LogP) is 3.40. The highest BCUT2D eigenvalue weighted by Crippen LogP contribution is 2.25. The zero-order chi connectivity index (χ0) is 9.84. The highest BCUT2D eigenvalue weighted by Gasteiger charge is 2.05. The number of rotatable bonds is 3. The van der Waals surface area contributed by atoms with Crippen LogP contribution in [0.2, 0.25) is 0 Å². The molecular formula is C10H15NS2. The van der Waals surface area contributed by atoms with E-state index >= 15 is 0 Å². The number of nitrogens with zero attached hydrogens (tertiary/aromatic N) is 1. The standard InChI is InChI=1S/C10H15NS2/c1-5-8-6-9(12-3)11-10(13-4)7(8)2/h6H,5H2,1-4H3. The zero-order valence-corrected chi connectivity index (χ0v) is 10.2. The minimum Gasteiger partial charge on any atom is -0.235 e. The second-order valence-electron chi connectivity index (χ2n) is 2.81. The Balaban J connectivity index is 3.20. The first-order chi connectivity index (χ1) is 6.22. The molecule has 13 heavy (non-hydrogen) atoms. The van der Waals surface area contributed by atoms with Crippen LogP contribution in [-0.2, 0) is 6.42 Å². The quantitative estimate of drug-likeness (QED) is 0.714. The van der Waals surface area contributed by atoms with Crippen molar-refractivity contribution in [3.05, 3.63) is 17.2 Å². The van der Waals surface area contributed by atoms with Crippen LogP contribution in [0.1, 0.15) is 18.1 Å². The minimum atomic E-state index is 1.09. The van der Waals surface area contributed by atoms with Crippen LogP contribution in [-0.4, -0.2) is 17.5 Å². The van der Waals surface area contributed by atoms with E-state index in [4.69, 9.17) is 0 Å². The number of aryl methyl sites for hydroxylation is 1. The summed E-state index contributed by atoms with van der Waals surface area (Å²) >= 11 is 3.44. The van der Waals surface area contributed by atoms with Crippen molar-refractivity contribution in [3.8, 4) is 0 Å². The molecule has 0 aliphatic heterocycles. The lowest BCUT2D eigenvalue weighted by Gasteiger charge is -2.09. The molecule has 0 spiro atoms. The van der Waals surface area contributed by atoms with E-state index in [1.807, 2.05) is 0 Å². The summed E-state index contributed by atoms with van der Waals surface area (Å²) < 4.78 is 0. The first kappa shape index (κ1) is 10.9. The van der Waals surface area contributed by atoms with Gasteiger partial charge in [-0.2, -0.15) is 0 Å². The first-order valence-electron chi connectivity index (χ1n) is 4.31. The highest BCUT2D eigenvalue weighted by molar-refractivity contribution is 7.99. The fourth-order valence-corrected chi connectivity index (χ4v) is 2.41. The average molecular weight is 213 g/mol. The molecule has 0 saturated carbocycles. The van der Waals surface area contributed by atoms with Gasteiger partial charge in [-0.3, -0.25) is 0 Å². The Kier molecular flexibility index (Phi) is 4.13. The Morgan fingerprint density at radius 2 is 2.00 bits per heavy atom. The van der Waals surface area contributed by atoms with Crippen LogP contribution in [0.5, 0.6) is 0 Å². The second-order valence-corrected chi connectivity index (χ2v) is 4.43. The number of thioether (sulfide) groups is 2. The predicted molar refractivity (Wildman–Crippen MR) is 61.9 cm³/mol. The Bertz CT molecular complexity index is 272. The third-order valence-electron chi connectivity index (χ3n) is 2.10. The van der Waals surface area contributed by atoms with Crippen molar-refractivity contribution >= 4 is 23.5 Å². The van der Waals surface area contributed by atoms with Crippen molar-refractivity contribution in [2.45, 2.75) is 30.3 Å². The van der Waals surface area contributed by atoms with Crippen LogP contribution < -0.4 is 0 Å². The van der Waals surface area contributed by atoms with Crippen LogP contribution in [0.25, 0.3) is 0 Å². The number of hydrogen-bond donors (Lipinski definition) is 0. The number of hydrogen-bond acceptors (Lipinski definition) is 3. The Morgan fingerprint density at radius 1 is 1.31 bits per heavy atom. The minimum absolute atomic E-state index is 1.09. The van der Waals surface area contributed by atoms with Crippen molar-refractivity contribution in [2.24, 2.45) is 0 Å². The van der Waals surface area contributed by atoms with E-state index in [-0.39, 0.29) is 0 Å². The summed E-state index contributed by atoms with van der Waals surface area (Å²) in [7, 11) is 0. The largest absolute Gasteiger partial charge is 0.235 e. The van der Waals surface area contributed by atoms with E-state index in [9.17, 15) is 0 Å². The van der Waals surface area contributed by atoms with Gasteiger partial charge in [0.05, 0.1) is 5.03 Å². The summed E-state index contributed by atoms with van der Waals surface area (Å²) in [5.74, 6) is 0. The molecule has 0 fully saturated rings. The van der Waals surface area contributed by atoms with Crippen molar-refractivity contribution in [3.63, 3.8) is 0 Å². The van der Waals surface area contributed by atoms with Crippen LogP contribution in [0, 0.1) is 6.92 Å².